The molecule has 0 aliphatic carbocycles. The third-order valence-electron chi connectivity index (χ3n) is 6.53. The van der Waals surface area contributed by atoms with Crippen molar-refractivity contribution >= 4 is 35.2 Å². The summed E-state index contributed by atoms with van der Waals surface area (Å²) < 4.78 is 6.19. The number of urea groups is 1. The number of carbonyl (C=O) groups excluding carboxylic acids is 3. The molecule has 1 saturated heterocycles. The largest absolute Gasteiger partial charge is 0.497 e. The Morgan fingerprint density at radius 3 is 2.09 bits per heavy atom. The highest BCUT2D eigenvalue weighted by Gasteiger charge is 2.36. The van der Waals surface area contributed by atoms with Gasteiger partial charge >= 0.3 is 11.7 Å². The highest BCUT2D eigenvalue weighted by Crippen LogP contribution is 2.25. The van der Waals surface area contributed by atoms with E-state index in [1.54, 1.807) is 84.9 Å². The molecule has 0 bridgehead atoms. The van der Waals surface area contributed by atoms with Crippen LogP contribution in [0.15, 0.2) is 118 Å². The summed E-state index contributed by atoms with van der Waals surface area (Å²) in [5, 5.41) is 13.1. The number of para-hydroxylation sites is 2. The van der Waals surface area contributed by atoms with Crippen LogP contribution in [-0.2, 0) is 9.59 Å². The number of carbonyl (C=O) groups is 3. The van der Waals surface area contributed by atoms with E-state index >= 15 is 0 Å². The standard InChI is InChI=1S/C32H24N4O7/c1-43-24-16-12-20(13-17-24)21(14-18-25-27(37)33-31(41)35(29(25)39)22-8-4-2-5-9-22)15-19-26-28(38)34-32(42)36(30(26)40)23-10-6-3-7-11-23/h2-19,39H,1H3,(H,33,37,41)(H,34,38,42). The van der Waals surface area contributed by atoms with Crippen molar-refractivity contribution in [1.29, 1.82) is 0 Å². The van der Waals surface area contributed by atoms with E-state index in [2.05, 4.69) is 10.3 Å². The van der Waals surface area contributed by atoms with Gasteiger partial charge in [-0.1, -0.05) is 60.7 Å². The van der Waals surface area contributed by atoms with Gasteiger partial charge in [-0.25, -0.2) is 19.1 Å². The van der Waals surface area contributed by atoms with Gasteiger partial charge in [0.05, 0.1) is 18.5 Å². The maximum atomic E-state index is 13.3. The van der Waals surface area contributed by atoms with Crippen molar-refractivity contribution in [2.75, 3.05) is 12.0 Å². The van der Waals surface area contributed by atoms with Crippen LogP contribution in [0.4, 0.5) is 10.5 Å². The first-order chi connectivity index (χ1) is 20.8. The van der Waals surface area contributed by atoms with Gasteiger partial charge < -0.3 is 9.84 Å². The monoisotopic (exact) mass is 576 g/mol. The molecular formula is C32H24N4O7. The molecular weight excluding hydrogens is 552 g/mol. The summed E-state index contributed by atoms with van der Waals surface area (Å²) >= 11 is 0. The zero-order chi connectivity index (χ0) is 30.5. The average molecular weight is 577 g/mol. The fourth-order valence-corrected chi connectivity index (χ4v) is 4.37. The smallest absolute Gasteiger partial charge is 0.335 e. The lowest BCUT2D eigenvalue weighted by Gasteiger charge is -2.26. The molecule has 214 valence electrons. The number of aromatic hydroxyl groups is 1. The Morgan fingerprint density at radius 1 is 0.837 bits per heavy atom. The molecule has 0 radical (unpaired) electrons. The number of benzene rings is 3. The van der Waals surface area contributed by atoms with Gasteiger partial charge in [-0.05, 0) is 59.7 Å². The van der Waals surface area contributed by atoms with E-state index in [9.17, 15) is 29.1 Å². The first kappa shape index (κ1) is 28.3. The van der Waals surface area contributed by atoms with E-state index in [4.69, 9.17) is 4.74 Å². The van der Waals surface area contributed by atoms with Crippen molar-refractivity contribution in [3.63, 3.8) is 0 Å². The highest BCUT2D eigenvalue weighted by molar-refractivity contribution is 6.37. The summed E-state index contributed by atoms with van der Waals surface area (Å²) in [6.07, 6.45) is 5.51. The Morgan fingerprint density at radius 2 is 1.47 bits per heavy atom. The predicted molar refractivity (Wildman–Crippen MR) is 160 cm³/mol. The van der Waals surface area contributed by atoms with Gasteiger partial charge in [-0.2, -0.15) is 0 Å². The molecule has 0 atom stereocenters. The lowest BCUT2D eigenvalue weighted by molar-refractivity contribution is -0.122. The summed E-state index contributed by atoms with van der Waals surface area (Å²) in [5.41, 5.74) is -0.519. The maximum absolute atomic E-state index is 13.3. The molecule has 11 heteroatoms. The molecule has 3 N–H and O–H groups in total. The van der Waals surface area contributed by atoms with Crippen molar-refractivity contribution in [2.45, 2.75) is 0 Å². The first-order valence-corrected chi connectivity index (χ1v) is 12.9. The van der Waals surface area contributed by atoms with E-state index in [0.717, 1.165) is 9.47 Å². The van der Waals surface area contributed by atoms with Gasteiger partial charge in [0, 0.05) is 0 Å². The van der Waals surface area contributed by atoms with Crippen molar-refractivity contribution in [3.8, 4) is 17.3 Å². The van der Waals surface area contributed by atoms with Crippen LogP contribution in [0.1, 0.15) is 11.1 Å². The number of ether oxygens (including phenoxy) is 1. The van der Waals surface area contributed by atoms with Gasteiger partial charge in [-0.3, -0.25) is 24.7 Å². The summed E-state index contributed by atoms with van der Waals surface area (Å²) in [4.78, 5) is 66.7. The molecule has 1 aliphatic heterocycles. The molecule has 1 aromatic heterocycles. The number of amides is 4. The Hall–Kier alpha value is -6.23. The van der Waals surface area contributed by atoms with Crippen LogP contribution >= 0.6 is 0 Å². The lowest BCUT2D eigenvalue weighted by Crippen LogP contribution is -2.54. The van der Waals surface area contributed by atoms with E-state index in [0.29, 0.717) is 22.6 Å². The highest BCUT2D eigenvalue weighted by atomic mass is 16.5. The number of hydrogen-bond acceptors (Lipinski definition) is 7. The van der Waals surface area contributed by atoms with Gasteiger partial charge in [0.25, 0.3) is 17.4 Å². The third kappa shape index (κ3) is 5.81. The summed E-state index contributed by atoms with van der Waals surface area (Å²) in [6, 6.07) is 22.4. The van der Waals surface area contributed by atoms with Crippen LogP contribution < -0.4 is 26.2 Å². The fraction of sp³-hybridized carbons (Fsp3) is 0.0312. The molecule has 4 amide bonds. The number of hydrogen-bond donors (Lipinski definition) is 3. The molecule has 5 rings (SSSR count). The van der Waals surface area contributed by atoms with Gasteiger partial charge in [0.2, 0.25) is 5.88 Å². The summed E-state index contributed by atoms with van der Waals surface area (Å²) in [6.45, 7) is 0. The van der Waals surface area contributed by atoms with Gasteiger partial charge in [-0.15, -0.1) is 0 Å². The maximum Gasteiger partial charge on any atom is 0.335 e. The van der Waals surface area contributed by atoms with Crippen molar-refractivity contribution < 1.29 is 24.2 Å². The Balaban J connectivity index is 1.59. The molecule has 1 aliphatic rings. The fourth-order valence-electron chi connectivity index (χ4n) is 4.37. The topological polar surface area (TPSA) is 151 Å². The number of methoxy groups -OCH3 is 1. The number of H-pyrrole nitrogens is 1. The second-order valence-electron chi connectivity index (χ2n) is 9.17. The molecule has 0 unspecified atom stereocenters. The number of rotatable bonds is 7. The van der Waals surface area contributed by atoms with E-state index < -0.39 is 35.0 Å². The normalized spacial score (nSPS) is 14.8. The van der Waals surface area contributed by atoms with Crippen LogP contribution in [0.2, 0.25) is 0 Å². The number of aromatic nitrogens is 2. The van der Waals surface area contributed by atoms with Gasteiger partial charge in [0.15, 0.2) is 0 Å². The molecule has 11 nitrogen and oxygen atoms in total. The average Bonchev–Trinajstić information content (AvgIpc) is 3.00. The molecule has 0 spiro atoms. The number of anilines is 1. The summed E-state index contributed by atoms with van der Waals surface area (Å²) in [5.74, 6) is -1.70. The third-order valence-corrected chi connectivity index (χ3v) is 6.53. The molecule has 3 aromatic carbocycles. The number of imide groups is 2. The Labute approximate surface area is 244 Å². The molecule has 0 saturated carbocycles. The van der Waals surface area contributed by atoms with Crippen LogP contribution in [0.25, 0.3) is 17.3 Å². The first-order valence-electron chi connectivity index (χ1n) is 12.9. The van der Waals surface area contributed by atoms with E-state index in [-0.39, 0.29) is 16.8 Å². The minimum absolute atomic E-state index is 0.206. The van der Waals surface area contributed by atoms with Crippen molar-refractivity contribution in [2.24, 2.45) is 0 Å². The lowest BCUT2D eigenvalue weighted by atomic mass is 10.0. The quantitative estimate of drug-likeness (QED) is 0.173. The molecule has 1 fully saturated rings. The minimum atomic E-state index is -0.875. The van der Waals surface area contributed by atoms with E-state index in [1.165, 1.54) is 31.4 Å². The number of nitrogens with one attached hydrogen (secondary N) is 2. The van der Waals surface area contributed by atoms with Crippen molar-refractivity contribution in [1.82, 2.24) is 14.9 Å². The number of barbiturate groups is 1. The molecule has 4 aromatic rings. The molecule has 43 heavy (non-hydrogen) atoms. The minimum Gasteiger partial charge on any atom is -0.497 e. The van der Waals surface area contributed by atoms with Crippen LogP contribution in [0, 0.1) is 0 Å². The Bertz CT molecular complexity index is 1920. The SMILES string of the molecule is COc1ccc(C(C=Cc2c(O)n(-c3ccccc3)c(=O)[nH]c2=O)=CC=C2C(=O)NC(=O)N(c3ccccc3)C2=O)cc1. The predicted octanol–water partition coefficient (Wildman–Crippen LogP) is 3.55. The van der Waals surface area contributed by atoms with Crippen molar-refractivity contribution in [3.05, 3.63) is 141 Å². The number of allylic oxidation sites excluding steroid dienone is 4. The van der Waals surface area contributed by atoms with Crippen LogP contribution in [-0.4, -0.2) is 39.6 Å². The Kier molecular flexibility index (Phi) is 7.97. The summed E-state index contributed by atoms with van der Waals surface area (Å²) in [7, 11) is 1.51. The van der Waals surface area contributed by atoms with E-state index in [1.807, 2.05) is 0 Å². The zero-order valence-corrected chi connectivity index (χ0v) is 22.7. The number of nitrogens with zero attached hydrogens (tertiary/aromatic N) is 2. The van der Waals surface area contributed by atoms with Crippen LogP contribution in [0.5, 0.6) is 11.6 Å². The second kappa shape index (κ2) is 12.1. The second-order valence-corrected chi connectivity index (χ2v) is 9.17. The van der Waals surface area contributed by atoms with Gasteiger partial charge in [0.1, 0.15) is 16.9 Å². The molecule has 2 heterocycles. The number of aromatic amines is 1. The van der Waals surface area contributed by atoms with Crippen LogP contribution in [0.3, 0.4) is 0 Å². The zero-order valence-electron chi connectivity index (χ0n) is 22.7.